The van der Waals surface area contributed by atoms with Gasteiger partial charge in [0.25, 0.3) is 0 Å². The molecule has 0 fully saturated rings. The minimum atomic E-state index is -0.196. The molecule has 0 spiro atoms. The number of methoxy groups -OCH3 is 1. The Morgan fingerprint density at radius 1 is 1.33 bits per heavy atom. The number of aliphatic hydroxyl groups is 1. The van der Waals surface area contributed by atoms with Gasteiger partial charge in [0.1, 0.15) is 0 Å². The summed E-state index contributed by atoms with van der Waals surface area (Å²) in [5.74, 6) is -0.196. The number of hydrogen-bond donors (Lipinski definition) is 1. The first-order valence-electron chi connectivity index (χ1n) is 5.22. The van der Waals surface area contributed by atoms with Crippen LogP contribution in [0, 0.1) is 0 Å². The lowest BCUT2D eigenvalue weighted by Crippen LogP contribution is -2.32. The fourth-order valence-electron chi connectivity index (χ4n) is 1.18. The largest absolute Gasteiger partial charge is 0.466 e. The Kier molecular flexibility index (Phi) is 9.46. The summed E-state index contributed by atoms with van der Waals surface area (Å²) < 4.78 is 9.75. The van der Waals surface area contributed by atoms with Crippen molar-refractivity contribution in [2.45, 2.75) is 13.3 Å². The zero-order valence-corrected chi connectivity index (χ0v) is 9.57. The monoisotopic (exact) mass is 219 g/mol. The van der Waals surface area contributed by atoms with Crippen molar-refractivity contribution in [3.8, 4) is 0 Å². The zero-order chi connectivity index (χ0) is 11.5. The van der Waals surface area contributed by atoms with Crippen molar-refractivity contribution in [1.29, 1.82) is 0 Å². The van der Waals surface area contributed by atoms with E-state index >= 15 is 0 Å². The molecular weight excluding hydrogens is 198 g/mol. The molecule has 0 aromatic rings. The predicted molar refractivity (Wildman–Crippen MR) is 56.7 cm³/mol. The van der Waals surface area contributed by atoms with E-state index in [4.69, 9.17) is 14.6 Å². The second-order valence-corrected chi connectivity index (χ2v) is 3.11. The van der Waals surface area contributed by atoms with Gasteiger partial charge in [-0.25, -0.2) is 0 Å². The van der Waals surface area contributed by atoms with Crippen LogP contribution in [0.25, 0.3) is 0 Å². The fourth-order valence-corrected chi connectivity index (χ4v) is 1.18. The van der Waals surface area contributed by atoms with Crippen LogP contribution in [0.1, 0.15) is 13.3 Å². The van der Waals surface area contributed by atoms with Crippen molar-refractivity contribution in [2.75, 3.05) is 46.6 Å². The van der Waals surface area contributed by atoms with E-state index in [1.54, 1.807) is 14.0 Å². The molecule has 0 amide bonds. The molecule has 0 aliphatic rings. The molecule has 5 heteroatoms. The molecule has 0 radical (unpaired) electrons. The van der Waals surface area contributed by atoms with Gasteiger partial charge in [0.2, 0.25) is 0 Å². The molecule has 90 valence electrons. The molecule has 0 unspecified atom stereocenters. The Bertz CT molecular complexity index is 164. The molecule has 0 bridgehead atoms. The number of carbonyl (C=O) groups is 1. The summed E-state index contributed by atoms with van der Waals surface area (Å²) in [4.78, 5) is 13.1. The van der Waals surface area contributed by atoms with Gasteiger partial charge < -0.3 is 14.6 Å². The normalized spacial score (nSPS) is 10.7. The summed E-state index contributed by atoms with van der Waals surface area (Å²) in [6.07, 6.45) is 0.359. The first-order valence-corrected chi connectivity index (χ1v) is 5.22. The second kappa shape index (κ2) is 9.89. The Morgan fingerprint density at radius 2 is 2.07 bits per heavy atom. The van der Waals surface area contributed by atoms with Crippen LogP contribution in [0.5, 0.6) is 0 Å². The lowest BCUT2D eigenvalue weighted by molar-refractivity contribution is -0.143. The van der Waals surface area contributed by atoms with Crippen LogP contribution in [0.3, 0.4) is 0 Å². The summed E-state index contributed by atoms with van der Waals surface area (Å²) in [7, 11) is 1.63. The van der Waals surface area contributed by atoms with Gasteiger partial charge in [0, 0.05) is 26.7 Å². The Hall–Kier alpha value is -0.650. The second-order valence-electron chi connectivity index (χ2n) is 3.11. The summed E-state index contributed by atoms with van der Waals surface area (Å²) >= 11 is 0. The van der Waals surface area contributed by atoms with E-state index in [1.807, 2.05) is 4.90 Å². The maximum absolute atomic E-state index is 11.1. The van der Waals surface area contributed by atoms with Gasteiger partial charge >= 0.3 is 5.97 Å². The number of nitrogens with zero attached hydrogens (tertiary/aromatic N) is 1. The van der Waals surface area contributed by atoms with E-state index in [2.05, 4.69) is 0 Å². The quantitative estimate of drug-likeness (QED) is 0.548. The highest BCUT2D eigenvalue weighted by Gasteiger charge is 2.07. The highest BCUT2D eigenvalue weighted by molar-refractivity contribution is 5.69. The van der Waals surface area contributed by atoms with Crippen molar-refractivity contribution in [2.24, 2.45) is 0 Å². The Balaban J connectivity index is 3.68. The van der Waals surface area contributed by atoms with Crippen LogP contribution in [-0.2, 0) is 14.3 Å². The molecule has 15 heavy (non-hydrogen) atoms. The number of hydrogen-bond acceptors (Lipinski definition) is 5. The molecule has 1 N–H and O–H groups in total. The smallest absolute Gasteiger partial charge is 0.307 e. The highest BCUT2D eigenvalue weighted by Crippen LogP contribution is 1.94. The van der Waals surface area contributed by atoms with Crippen LogP contribution in [0.15, 0.2) is 0 Å². The van der Waals surface area contributed by atoms with Gasteiger partial charge in [-0.1, -0.05) is 0 Å². The highest BCUT2D eigenvalue weighted by atomic mass is 16.5. The summed E-state index contributed by atoms with van der Waals surface area (Å²) in [6, 6.07) is 0. The van der Waals surface area contributed by atoms with E-state index in [0.717, 1.165) is 6.54 Å². The summed E-state index contributed by atoms with van der Waals surface area (Å²) in [5, 5.41) is 8.81. The van der Waals surface area contributed by atoms with Gasteiger partial charge in [0.05, 0.1) is 26.2 Å². The van der Waals surface area contributed by atoms with Crippen LogP contribution in [0.4, 0.5) is 0 Å². The Morgan fingerprint density at radius 3 is 2.60 bits per heavy atom. The molecule has 5 nitrogen and oxygen atoms in total. The minimum absolute atomic E-state index is 0.0898. The lowest BCUT2D eigenvalue weighted by atomic mass is 10.3. The lowest BCUT2D eigenvalue weighted by Gasteiger charge is -2.19. The van der Waals surface area contributed by atoms with Crippen molar-refractivity contribution >= 4 is 5.97 Å². The van der Waals surface area contributed by atoms with Gasteiger partial charge in [0.15, 0.2) is 0 Å². The third-order valence-corrected chi connectivity index (χ3v) is 1.97. The number of rotatable bonds is 9. The van der Waals surface area contributed by atoms with Gasteiger partial charge in [-0.05, 0) is 6.92 Å². The van der Waals surface area contributed by atoms with Crippen LogP contribution >= 0.6 is 0 Å². The number of aliphatic hydroxyl groups excluding tert-OH is 1. The topological polar surface area (TPSA) is 59.0 Å². The molecule has 0 aromatic carbocycles. The third kappa shape index (κ3) is 8.35. The molecule has 0 heterocycles. The zero-order valence-electron chi connectivity index (χ0n) is 9.57. The fraction of sp³-hybridized carbons (Fsp3) is 0.900. The van der Waals surface area contributed by atoms with Crippen LogP contribution in [-0.4, -0.2) is 62.5 Å². The van der Waals surface area contributed by atoms with Crippen LogP contribution in [0.2, 0.25) is 0 Å². The molecule has 0 aliphatic heterocycles. The minimum Gasteiger partial charge on any atom is -0.466 e. The number of carbonyl (C=O) groups excluding carboxylic acids is 1. The number of esters is 1. The van der Waals surface area contributed by atoms with Crippen molar-refractivity contribution in [3.63, 3.8) is 0 Å². The van der Waals surface area contributed by atoms with Crippen molar-refractivity contribution < 1.29 is 19.4 Å². The molecule has 0 saturated heterocycles. The standard InChI is InChI=1S/C10H21NO4/c1-3-15-10(13)4-5-11(6-8-12)7-9-14-2/h12H,3-9H2,1-2H3. The number of ether oxygens (including phenoxy) is 2. The third-order valence-electron chi connectivity index (χ3n) is 1.97. The van der Waals surface area contributed by atoms with E-state index in [9.17, 15) is 4.79 Å². The maximum atomic E-state index is 11.1. The average molecular weight is 219 g/mol. The summed E-state index contributed by atoms with van der Waals surface area (Å²) in [6.45, 7) is 4.77. The van der Waals surface area contributed by atoms with Gasteiger partial charge in [-0.3, -0.25) is 9.69 Å². The van der Waals surface area contributed by atoms with E-state index < -0.39 is 0 Å². The molecule has 0 atom stereocenters. The van der Waals surface area contributed by atoms with E-state index in [-0.39, 0.29) is 12.6 Å². The first-order chi connectivity index (χ1) is 7.24. The van der Waals surface area contributed by atoms with E-state index in [0.29, 0.717) is 32.7 Å². The average Bonchev–Trinajstić information content (AvgIpc) is 2.22. The summed E-state index contributed by atoms with van der Waals surface area (Å²) in [5.41, 5.74) is 0. The predicted octanol–water partition coefficient (Wildman–Crippen LogP) is -0.120. The SMILES string of the molecule is CCOC(=O)CCN(CCO)CCOC. The molecular formula is C10H21NO4. The molecule has 0 rings (SSSR count). The first kappa shape index (κ1) is 14.3. The van der Waals surface area contributed by atoms with Gasteiger partial charge in [-0.15, -0.1) is 0 Å². The molecule has 0 aromatic heterocycles. The van der Waals surface area contributed by atoms with Crippen molar-refractivity contribution in [1.82, 2.24) is 4.90 Å². The molecule has 0 saturated carbocycles. The van der Waals surface area contributed by atoms with Crippen LogP contribution < -0.4 is 0 Å². The van der Waals surface area contributed by atoms with E-state index in [1.165, 1.54) is 0 Å². The van der Waals surface area contributed by atoms with Crippen molar-refractivity contribution in [3.05, 3.63) is 0 Å². The maximum Gasteiger partial charge on any atom is 0.307 e. The Labute approximate surface area is 91.0 Å². The molecule has 0 aliphatic carbocycles. The van der Waals surface area contributed by atoms with Gasteiger partial charge in [-0.2, -0.15) is 0 Å².